The van der Waals surface area contributed by atoms with Crippen molar-refractivity contribution in [1.29, 1.82) is 0 Å². The Balaban J connectivity index is 1.61. The number of ether oxygens (including phenoxy) is 1. The number of nitro groups is 1. The van der Waals surface area contributed by atoms with Gasteiger partial charge in [0.25, 0.3) is 5.69 Å². The van der Waals surface area contributed by atoms with Gasteiger partial charge < -0.3 is 4.74 Å². The molecular weight excluding hydrogens is 368 g/mol. The zero-order chi connectivity index (χ0) is 20.4. The number of hydrogen-bond donors (Lipinski definition) is 0. The van der Waals surface area contributed by atoms with Crippen LogP contribution in [0.15, 0.2) is 42.5 Å². The number of carbonyl (C=O) groups is 1. The largest absolute Gasteiger partial charge is 0.496 e. The number of likely N-dealkylation sites (tertiary alicyclic amines) is 1. The van der Waals surface area contributed by atoms with E-state index in [1.807, 2.05) is 30.3 Å². The highest BCUT2D eigenvalue weighted by Crippen LogP contribution is 2.42. The van der Waals surface area contributed by atoms with Crippen LogP contribution in [0.2, 0.25) is 0 Å². The van der Waals surface area contributed by atoms with Gasteiger partial charge in [-0.3, -0.25) is 19.8 Å². The topological polar surface area (TPSA) is 72.7 Å². The Hall–Kier alpha value is -2.73. The SMILES string of the molecule is COc1cccc2c1CCC1(CCCCN1CCc1ccccc1[N+](=O)[O-])C2=O. The lowest BCUT2D eigenvalue weighted by Crippen LogP contribution is -2.59. The van der Waals surface area contributed by atoms with Crippen molar-refractivity contribution < 1.29 is 14.5 Å². The minimum Gasteiger partial charge on any atom is -0.496 e. The number of nitrogens with zero attached hydrogens (tertiary/aromatic N) is 2. The predicted molar refractivity (Wildman–Crippen MR) is 111 cm³/mol. The molecule has 0 amide bonds. The van der Waals surface area contributed by atoms with Crippen molar-refractivity contribution in [1.82, 2.24) is 4.90 Å². The predicted octanol–water partition coefficient (Wildman–Crippen LogP) is 4.20. The van der Waals surface area contributed by atoms with Gasteiger partial charge in [0.1, 0.15) is 5.75 Å². The summed E-state index contributed by atoms with van der Waals surface area (Å²) in [4.78, 5) is 27.0. The molecule has 2 aromatic carbocycles. The van der Waals surface area contributed by atoms with E-state index in [1.165, 1.54) is 0 Å². The van der Waals surface area contributed by atoms with Gasteiger partial charge in [0.05, 0.1) is 17.6 Å². The van der Waals surface area contributed by atoms with Crippen molar-refractivity contribution in [3.63, 3.8) is 0 Å². The van der Waals surface area contributed by atoms with Crippen molar-refractivity contribution in [2.45, 2.75) is 44.1 Å². The van der Waals surface area contributed by atoms with E-state index in [4.69, 9.17) is 4.74 Å². The molecule has 0 bridgehead atoms. The zero-order valence-corrected chi connectivity index (χ0v) is 16.7. The molecule has 152 valence electrons. The average molecular weight is 394 g/mol. The van der Waals surface area contributed by atoms with Gasteiger partial charge in [0, 0.05) is 29.3 Å². The maximum absolute atomic E-state index is 13.7. The molecule has 1 aliphatic heterocycles. The lowest BCUT2D eigenvalue weighted by atomic mass is 9.71. The van der Waals surface area contributed by atoms with Crippen LogP contribution in [0.5, 0.6) is 5.75 Å². The number of benzene rings is 2. The summed E-state index contributed by atoms with van der Waals surface area (Å²) in [5, 5.41) is 11.3. The van der Waals surface area contributed by atoms with Crippen LogP contribution >= 0.6 is 0 Å². The Morgan fingerprint density at radius 3 is 2.76 bits per heavy atom. The molecule has 1 aliphatic carbocycles. The summed E-state index contributed by atoms with van der Waals surface area (Å²) in [6.45, 7) is 1.50. The van der Waals surface area contributed by atoms with E-state index in [1.54, 1.807) is 19.2 Å². The minimum absolute atomic E-state index is 0.156. The van der Waals surface area contributed by atoms with Crippen LogP contribution in [-0.2, 0) is 12.8 Å². The minimum atomic E-state index is -0.499. The Bertz CT molecular complexity index is 942. The Kier molecular flexibility index (Phi) is 5.37. The summed E-state index contributed by atoms with van der Waals surface area (Å²) in [7, 11) is 1.64. The average Bonchev–Trinajstić information content (AvgIpc) is 2.75. The number of rotatable bonds is 5. The van der Waals surface area contributed by atoms with Crippen molar-refractivity contribution in [2.24, 2.45) is 0 Å². The van der Waals surface area contributed by atoms with Gasteiger partial charge in [-0.15, -0.1) is 0 Å². The monoisotopic (exact) mass is 394 g/mol. The second-order valence-corrected chi connectivity index (χ2v) is 7.93. The van der Waals surface area contributed by atoms with Crippen LogP contribution in [0.1, 0.15) is 47.2 Å². The molecule has 1 fully saturated rings. The van der Waals surface area contributed by atoms with Crippen LogP contribution in [0.3, 0.4) is 0 Å². The van der Waals surface area contributed by atoms with Crippen molar-refractivity contribution in [2.75, 3.05) is 20.2 Å². The lowest BCUT2D eigenvalue weighted by molar-refractivity contribution is -0.385. The number of fused-ring (bicyclic) bond motifs is 1. The van der Waals surface area contributed by atoms with E-state index in [-0.39, 0.29) is 16.4 Å². The standard InChI is InChI=1S/C23H26N2O4/c1-29-21-10-6-8-19-18(21)11-14-23(22(19)26)13-4-5-15-24(23)16-12-17-7-2-3-9-20(17)25(27)28/h2-3,6-10H,4-5,11-16H2,1H3. The van der Waals surface area contributed by atoms with E-state index >= 15 is 0 Å². The molecular formula is C23H26N2O4. The number of para-hydroxylation sites is 1. The highest BCUT2D eigenvalue weighted by atomic mass is 16.6. The van der Waals surface area contributed by atoms with E-state index in [0.717, 1.165) is 61.1 Å². The molecule has 29 heavy (non-hydrogen) atoms. The van der Waals surface area contributed by atoms with Crippen molar-refractivity contribution >= 4 is 11.5 Å². The number of hydrogen-bond acceptors (Lipinski definition) is 5. The fraction of sp³-hybridized carbons (Fsp3) is 0.435. The number of piperidine rings is 1. The summed E-state index contributed by atoms with van der Waals surface area (Å²) in [6, 6.07) is 12.6. The molecule has 0 N–H and O–H groups in total. The van der Waals surface area contributed by atoms with Gasteiger partial charge in [0.15, 0.2) is 5.78 Å². The molecule has 1 spiro atoms. The second-order valence-electron chi connectivity index (χ2n) is 7.93. The molecule has 0 radical (unpaired) electrons. The van der Waals surface area contributed by atoms with Gasteiger partial charge in [-0.05, 0) is 51.1 Å². The third-order valence-corrected chi connectivity index (χ3v) is 6.52. The number of ketones is 1. The van der Waals surface area contributed by atoms with Gasteiger partial charge in [-0.2, -0.15) is 0 Å². The van der Waals surface area contributed by atoms with E-state index < -0.39 is 5.54 Å². The van der Waals surface area contributed by atoms with Crippen molar-refractivity contribution in [3.8, 4) is 5.75 Å². The highest BCUT2D eigenvalue weighted by Gasteiger charge is 2.48. The molecule has 1 unspecified atom stereocenters. The van der Waals surface area contributed by atoms with Crippen LogP contribution < -0.4 is 4.74 Å². The number of Topliss-reactive ketones (excluding diaryl/α,β-unsaturated/α-hetero) is 1. The third kappa shape index (κ3) is 3.42. The first-order valence-electron chi connectivity index (χ1n) is 10.2. The van der Waals surface area contributed by atoms with Crippen LogP contribution in [-0.4, -0.2) is 41.3 Å². The van der Waals surface area contributed by atoms with E-state index in [0.29, 0.717) is 13.0 Å². The van der Waals surface area contributed by atoms with Crippen molar-refractivity contribution in [3.05, 3.63) is 69.3 Å². The maximum Gasteiger partial charge on any atom is 0.272 e. The molecule has 2 aliphatic rings. The Morgan fingerprint density at radius 2 is 1.97 bits per heavy atom. The first-order valence-corrected chi connectivity index (χ1v) is 10.2. The normalized spacial score (nSPS) is 21.8. The first kappa shape index (κ1) is 19.6. The molecule has 1 heterocycles. The summed E-state index contributed by atoms with van der Waals surface area (Å²) in [5.41, 5.74) is 2.16. The lowest BCUT2D eigenvalue weighted by Gasteiger charge is -2.48. The molecule has 1 atom stereocenters. The fourth-order valence-electron chi connectivity index (χ4n) is 5.04. The third-order valence-electron chi connectivity index (χ3n) is 6.52. The van der Waals surface area contributed by atoms with E-state index in [2.05, 4.69) is 4.90 Å². The van der Waals surface area contributed by atoms with Crippen LogP contribution in [0.25, 0.3) is 0 Å². The summed E-state index contributed by atoms with van der Waals surface area (Å²) in [6.07, 6.45) is 5.09. The summed E-state index contributed by atoms with van der Waals surface area (Å²) >= 11 is 0. The van der Waals surface area contributed by atoms with E-state index in [9.17, 15) is 14.9 Å². The smallest absolute Gasteiger partial charge is 0.272 e. The fourth-order valence-corrected chi connectivity index (χ4v) is 5.04. The molecule has 1 saturated heterocycles. The van der Waals surface area contributed by atoms with Crippen LogP contribution in [0, 0.1) is 10.1 Å². The Labute approximate surface area is 170 Å². The van der Waals surface area contributed by atoms with Gasteiger partial charge in [0.2, 0.25) is 0 Å². The van der Waals surface area contributed by atoms with Crippen LogP contribution in [0.4, 0.5) is 5.69 Å². The second kappa shape index (κ2) is 7.95. The van der Waals surface area contributed by atoms with Gasteiger partial charge >= 0.3 is 0 Å². The number of methoxy groups -OCH3 is 1. The molecule has 4 rings (SSSR count). The number of carbonyl (C=O) groups excluding carboxylic acids is 1. The summed E-state index contributed by atoms with van der Waals surface area (Å²) < 4.78 is 5.47. The van der Waals surface area contributed by atoms with Gasteiger partial charge in [-0.1, -0.05) is 30.3 Å². The highest BCUT2D eigenvalue weighted by molar-refractivity contribution is 6.06. The quantitative estimate of drug-likeness (QED) is 0.561. The first-order chi connectivity index (χ1) is 14.1. The maximum atomic E-state index is 13.7. The Morgan fingerprint density at radius 1 is 1.14 bits per heavy atom. The zero-order valence-electron chi connectivity index (χ0n) is 16.7. The molecule has 2 aromatic rings. The molecule has 0 saturated carbocycles. The molecule has 0 aromatic heterocycles. The number of nitro benzene ring substituents is 1. The summed E-state index contributed by atoms with van der Waals surface area (Å²) in [5.74, 6) is 0.966. The molecule has 6 nitrogen and oxygen atoms in total. The molecule has 6 heteroatoms. The van der Waals surface area contributed by atoms with Gasteiger partial charge in [-0.25, -0.2) is 0 Å².